The van der Waals surface area contributed by atoms with Crippen molar-refractivity contribution in [2.45, 2.75) is 25.2 Å². The SMILES string of the molecule is Cc1cc(-c2cc(-c3ccc(N4CCN(C(=O)C5(c6cccnc6)CC5)CC4)nc3)c3c(C#N)cnn3c2)ccn1. The number of carbonyl (C=O) groups excluding carboxylic acids is 1. The second kappa shape index (κ2) is 9.82. The van der Waals surface area contributed by atoms with Gasteiger partial charge in [0.15, 0.2) is 0 Å². The van der Waals surface area contributed by atoms with Crippen molar-refractivity contribution in [2.24, 2.45) is 0 Å². The summed E-state index contributed by atoms with van der Waals surface area (Å²) >= 11 is 0. The van der Waals surface area contributed by atoms with Gasteiger partial charge >= 0.3 is 0 Å². The Morgan fingerprint density at radius 2 is 1.78 bits per heavy atom. The molecule has 1 saturated heterocycles. The molecule has 9 heteroatoms. The van der Waals surface area contributed by atoms with Crippen LogP contribution in [0.5, 0.6) is 0 Å². The maximum atomic E-state index is 13.4. The highest BCUT2D eigenvalue weighted by atomic mass is 16.2. The molecule has 202 valence electrons. The van der Waals surface area contributed by atoms with Gasteiger partial charge in [-0.05, 0) is 67.3 Å². The average Bonchev–Trinajstić information content (AvgIpc) is 3.74. The summed E-state index contributed by atoms with van der Waals surface area (Å²) in [5, 5.41) is 14.2. The zero-order chi connectivity index (χ0) is 28.0. The lowest BCUT2D eigenvalue weighted by Gasteiger charge is -2.37. The molecule has 0 spiro atoms. The number of rotatable bonds is 5. The summed E-state index contributed by atoms with van der Waals surface area (Å²) in [7, 11) is 0. The highest BCUT2D eigenvalue weighted by Gasteiger charge is 2.53. The van der Waals surface area contributed by atoms with Crippen molar-refractivity contribution >= 4 is 17.2 Å². The van der Waals surface area contributed by atoms with Gasteiger partial charge in [-0.1, -0.05) is 6.07 Å². The van der Waals surface area contributed by atoms with E-state index in [1.54, 1.807) is 23.1 Å². The summed E-state index contributed by atoms with van der Waals surface area (Å²) in [6.45, 7) is 4.75. The normalized spacial score (nSPS) is 16.0. The number of amides is 1. The van der Waals surface area contributed by atoms with Crippen LogP contribution in [-0.4, -0.2) is 61.6 Å². The first-order valence-electron chi connectivity index (χ1n) is 13.8. The predicted octanol–water partition coefficient (Wildman–Crippen LogP) is 4.41. The molecule has 1 aliphatic carbocycles. The van der Waals surface area contributed by atoms with Crippen molar-refractivity contribution in [3.05, 3.63) is 96.5 Å². The van der Waals surface area contributed by atoms with E-state index in [4.69, 9.17) is 4.98 Å². The maximum Gasteiger partial charge on any atom is 0.233 e. The van der Waals surface area contributed by atoms with Gasteiger partial charge in [0.2, 0.25) is 5.91 Å². The van der Waals surface area contributed by atoms with Crippen LogP contribution in [0.15, 0.2) is 79.6 Å². The first kappa shape index (κ1) is 24.9. The van der Waals surface area contributed by atoms with Crippen LogP contribution in [0.4, 0.5) is 5.82 Å². The third-order valence-corrected chi connectivity index (χ3v) is 8.29. The molecule has 0 aromatic carbocycles. The predicted molar refractivity (Wildman–Crippen MR) is 155 cm³/mol. The quantitative estimate of drug-likeness (QED) is 0.325. The minimum Gasteiger partial charge on any atom is -0.353 e. The van der Waals surface area contributed by atoms with E-state index in [1.165, 1.54) is 0 Å². The van der Waals surface area contributed by atoms with E-state index in [-0.39, 0.29) is 11.3 Å². The molecule has 5 aromatic heterocycles. The van der Waals surface area contributed by atoms with Crippen molar-refractivity contribution in [3.8, 4) is 28.3 Å². The molecule has 1 saturated carbocycles. The Morgan fingerprint density at radius 1 is 0.927 bits per heavy atom. The van der Waals surface area contributed by atoms with Crippen LogP contribution in [0, 0.1) is 18.3 Å². The topological polar surface area (TPSA) is 103 Å². The third kappa shape index (κ3) is 4.38. The molecule has 6 heterocycles. The Labute approximate surface area is 237 Å². The average molecular weight is 541 g/mol. The van der Waals surface area contributed by atoms with Gasteiger partial charge < -0.3 is 9.80 Å². The van der Waals surface area contributed by atoms with E-state index < -0.39 is 0 Å². The summed E-state index contributed by atoms with van der Waals surface area (Å²) in [5.41, 5.74) is 6.65. The lowest BCUT2D eigenvalue weighted by Crippen LogP contribution is -2.51. The molecule has 41 heavy (non-hydrogen) atoms. The summed E-state index contributed by atoms with van der Waals surface area (Å²) in [6.07, 6.45) is 12.6. The summed E-state index contributed by atoms with van der Waals surface area (Å²) < 4.78 is 1.77. The van der Waals surface area contributed by atoms with E-state index in [0.29, 0.717) is 18.7 Å². The van der Waals surface area contributed by atoms with Crippen LogP contribution in [0.1, 0.15) is 29.7 Å². The largest absolute Gasteiger partial charge is 0.353 e. The molecule has 1 aliphatic heterocycles. The molecular formula is C32H28N8O. The Morgan fingerprint density at radius 3 is 2.46 bits per heavy atom. The van der Waals surface area contributed by atoms with Gasteiger partial charge in [-0.15, -0.1) is 0 Å². The molecule has 1 amide bonds. The molecule has 0 radical (unpaired) electrons. The molecule has 2 fully saturated rings. The fraction of sp³-hybridized carbons (Fsp3) is 0.250. The van der Waals surface area contributed by atoms with Crippen LogP contribution in [0.25, 0.3) is 27.8 Å². The monoisotopic (exact) mass is 540 g/mol. The molecule has 2 aliphatic rings. The first-order valence-corrected chi connectivity index (χ1v) is 13.8. The number of nitriles is 1. The Hall–Kier alpha value is -5.10. The fourth-order valence-corrected chi connectivity index (χ4v) is 5.88. The fourth-order valence-electron chi connectivity index (χ4n) is 5.88. The number of fused-ring (bicyclic) bond motifs is 1. The number of carbonyl (C=O) groups is 1. The van der Waals surface area contributed by atoms with Crippen LogP contribution in [0.2, 0.25) is 0 Å². The Kier molecular flexibility index (Phi) is 5.97. The smallest absolute Gasteiger partial charge is 0.233 e. The number of hydrogen-bond acceptors (Lipinski definition) is 7. The standard InChI is InChI=1S/C32H28N8O/c1-22-15-23(6-10-35-22)25-16-28(30-26(17-33)19-37-40(30)21-25)24-4-5-29(36-18-24)38-11-13-39(14-12-38)31(41)32(7-8-32)27-3-2-9-34-20-27/h2-6,9-10,15-16,18-21H,7-8,11-14H2,1H3. The van der Waals surface area contributed by atoms with E-state index in [9.17, 15) is 10.1 Å². The molecule has 0 unspecified atom stereocenters. The molecule has 7 rings (SSSR count). The maximum absolute atomic E-state index is 13.4. The number of nitrogens with zero attached hydrogens (tertiary/aromatic N) is 8. The lowest BCUT2D eigenvalue weighted by molar-refractivity contribution is -0.134. The molecular weight excluding hydrogens is 512 g/mol. The van der Waals surface area contributed by atoms with Crippen molar-refractivity contribution < 1.29 is 4.79 Å². The number of piperazine rings is 1. The van der Waals surface area contributed by atoms with E-state index in [0.717, 1.165) is 70.8 Å². The highest BCUT2D eigenvalue weighted by molar-refractivity contribution is 5.91. The minimum absolute atomic E-state index is 0.218. The van der Waals surface area contributed by atoms with Crippen LogP contribution >= 0.6 is 0 Å². The number of hydrogen-bond donors (Lipinski definition) is 0. The zero-order valence-corrected chi connectivity index (χ0v) is 22.7. The van der Waals surface area contributed by atoms with Crippen LogP contribution in [0.3, 0.4) is 0 Å². The summed E-state index contributed by atoms with van der Waals surface area (Å²) in [6, 6.07) is 16.4. The summed E-state index contributed by atoms with van der Waals surface area (Å²) in [4.78, 5) is 31.0. The van der Waals surface area contributed by atoms with E-state index in [1.807, 2.05) is 66.8 Å². The Bertz CT molecular complexity index is 1790. The van der Waals surface area contributed by atoms with Crippen molar-refractivity contribution in [1.82, 2.24) is 29.5 Å². The number of aromatic nitrogens is 5. The second-order valence-corrected chi connectivity index (χ2v) is 10.8. The summed E-state index contributed by atoms with van der Waals surface area (Å²) in [5.74, 6) is 1.09. The molecule has 0 bridgehead atoms. The lowest BCUT2D eigenvalue weighted by atomic mass is 9.95. The van der Waals surface area contributed by atoms with Crippen molar-refractivity contribution in [3.63, 3.8) is 0 Å². The van der Waals surface area contributed by atoms with E-state index in [2.05, 4.69) is 32.1 Å². The first-order chi connectivity index (χ1) is 20.1. The molecule has 9 nitrogen and oxygen atoms in total. The van der Waals surface area contributed by atoms with Crippen LogP contribution < -0.4 is 4.90 Å². The molecule has 0 N–H and O–H groups in total. The minimum atomic E-state index is -0.388. The van der Waals surface area contributed by atoms with Gasteiger partial charge in [-0.3, -0.25) is 14.8 Å². The Balaban J connectivity index is 1.12. The van der Waals surface area contributed by atoms with Crippen molar-refractivity contribution in [1.29, 1.82) is 5.26 Å². The zero-order valence-electron chi connectivity index (χ0n) is 22.7. The van der Waals surface area contributed by atoms with Gasteiger partial charge in [0.25, 0.3) is 0 Å². The van der Waals surface area contributed by atoms with Gasteiger partial charge in [0.05, 0.1) is 22.7 Å². The molecule has 0 atom stereocenters. The van der Waals surface area contributed by atoms with Crippen LogP contribution in [-0.2, 0) is 10.2 Å². The van der Waals surface area contributed by atoms with Crippen molar-refractivity contribution in [2.75, 3.05) is 31.1 Å². The van der Waals surface area contributed by atoms with Gasteiger partial charge in [-0.25, -0.2) is 9.50 Å². The molecule has 5 aromatic rings. The van der Waals surface area contributed by atoms with Gasteiger partial charge in [0.1, 0.15) is 11.9 Å². The van der Waals surface area contributed by atoms with Gasteiger partial charge in [-0.2, -0.15) is 10.4 Å². The third-order valence-electron chi connectivity index (χ3n) is 8.29. The number of aryl methyl sites for hydroxylation is 1. The number of anilines is 1. The second-order valence-electron chi connectivity index (χ2n) is 10.8. The van der Waals surface area contributed by atoms with Gasteiger partial charge in [0, 0.05) is 79.5 Å². The number of pyridine rings is 4. The highest BCUT2D eigenvalue weighted by Crippen LogP contribution is 2.49. The van der Waals surface area contributed by atoms with E-state index >= 15 is 0 Å².